The minimum atomic E-state index is 0.349. The van der Waals surface area contributed by atoms with Gasteiger partial charge >= 0.3 is 0 Å². The summed E-state index contributed by atoms with van der Waals surface area (Å²) in [6.45, 7) is 1.42. The number of likely N-dealkylation sites (N-methyl/N-ethyl adjacent to an activating group) is 1. The van der Waals surface area contributed by atoms with E-state index in [-0.39, 0.29) is 0 Å². The summed E-state index contributed by atoms with van der Waals surface area (Å²) in [7, 11) is 3.63. The number of anilines is 1. The molecule has 0 saturated heterocycles. The Morgan fingerprint density at radius 3 is 2.81 bits per heavy atom. The Hall–Kier alpha value is -0.840. The van der Waals surface area contributed by atoms with Gasteiger partial charge in [-0.25, -0.2) is 0 Å². The van der Waals surface area contributed by atoms with Crippen LogP contribution in [0.25, 0.3) is 0 Å². The molecule has 1 aromatic rings. The molecule has 0 aliphatic rings. The Bertz CT molecular complexity index is 384. The second kappa shape index (κ2) is 6.03. The zero-order valence-electron chi connectivity index (χ0n) is 9.37. The minimum Gasteiger partial charge on any atom is -0.389 e. The predicted molar refractivity (Wildman–Crippen MR) is 72.5 cm³/mol. The molecule has 0 heterocycles. The van der Waals surface area contributed by atoms with Crippen LogP contribution < -0.4 is 10.6 Å². The topological polar surface area (TPSA) is 38.5 Å². The SMILES string of the molecule is COCCN(C)c1ccc(Cl)cc1C(N)=S. The number of hydrogen-bond donors (Lipinski definition) is 1. The van der Waals surface area contributed by atoms with E-state index < -0.39 is 0 Å². The summed E-state index contributed by atoms with van der Waals surface area (Å²) < 4.78 is 5.03. The third kappa shape index (κ3) is 3.33. The van der Waals surface area contributed by atoms with Crippen molar-refractivity contribution >= 4 is 34.5 Å². The van der Waals surface area contributed by atoms with Crippen molar-refractivity contribution in [3.63, 3.8) is 0 Å². The van der Waals surface area contributed by atoms with E-state index in [1.54, 1.807) is 13.2 Å². The van der Waals surface area contributed by atoms with Crippen LogP contribution in [0.5, 0.6) is 0 Å². The highest BCUT2D eigenvalue weighted by Gasteiger charge is 2.09. The Kier molecular flexibility index (Phi) is 4.99. The molecule has 0 unspecified atom stereocenters. The first-order valence-corrected chi connectivity index (χ1v) is 5.64. The van der Waals surface area contributed by atoms with Crippen LogP contribution in [-0.2, 0) is 4.74 Å². The number of ether oxygens (including phenoxy) is 1. The lowest BCUT2D eigenvalue weighted by molar-refractivity contribution is 0.206. The highest BCUT2D eigenvalue weighted by Crippen LogP contribution is 2.23. The van der Waals surface area contributed by atoms with E-state index in [4.69, 9.17) is 34.3 Å². The fraction of sp³-hybridized carbons (Fsp3) is 0.364. The van der Waals surface area contributed by atoms with Gasteiger partial charge in [-0.15, -0.1) is 0 Å². The molecule has 5 heteroatoms. The normalized spacial score (nSPS) is 10.2. The maximum Gasteiger partial charge on any atom is 0.106 e. The van der Waals surface area contributed by atoms with Crippen LogP contribution in [-0.4, -0.2) is 32.3 Å². The molecule has 0 aromatic heterocycles. The molecule has 0 aliphatic carbocycles. The van der Waals surface area contributed by atoms with Crippen molar-refractivity contribution in [2.75, 3.05) is 32.2 Å². The van der Waals surface area contributed by atoms with Crippen LogP contribution in [0.2, 0.25) is 5.02 Å². The fourth-order valence-corrected chi connectivity index (χ4v) is 1.72. The molecule has 1 rings (SSSR count). The van der Waals surface area contributed by atoms with E-state index in [2.05, 4.69) is 0 Å². The van der Waals surface area contributed by atoms with E-state index in [0.717, 1.165) is 17.8 Å². The average Bonchev–Trinajstić information content (AvgIpc) is 2.25. The Morgan fingerprint density at radius 1 is 1.56 bits per heavy atom. The predicted octanol–water partition coefficient (Wildman–Crippen LogP) is 2.06. The first-order valence-electron chi connectivity index (χ1n) is 4.85. The molecule has 0 saturated carbocycles. The standard InChI is InChI=1S/C11H15ClN2OS/c1-14(5-6-15-2)10-4-3-8(12)7-9(10)11(13)16/h3-4,7H,5-6H2,1-2H3,(H2,13,16). The molecule has 2 N–H and O–H groups in total. The van der Waals surface area contributed by atoms with Gasteiger partial charge in [-0.1, -0.05) is 23.8 Å². The molecule has 88 valence electrons. The minimum absolute atomic E-state index is 0.349. The number of methoxy groups -OCH3 is 1. The van der Waals surface area contributed by atoms with E-state index in [1.165, 1.54) is 0 Å². The van der Waals surface area contributed by atoms with Crippen molar-refractivity contribution in [3.05, 3.63) is 28.8 Å². The maximum absolute atomic E-state index is 5.91. The maximum atomic E-state index is 5.91. The zero-order chi connectivity index (χ0) is 12.1. The summed E-state index contributed by atoms with van der Waals surface area (Å²) in [4.78, 5) is 2.38. The molecule has 0 radical (unpaired) electrons. The van der Waals surface area contributed by atoms with Crippen molar-refractivity contribution in [3.8, 4) is 0 Å². The Morgan fingerprint density at radius 2 is 2.25 bits per heavy atom. The first kappa shape index (κ1) is 13.2. The van der Waals surface area contributed by atoms with Crippen molar-refractivity contribution in [1.29, 1.82) is 0 Å². The van der Waals surface area contributed by atoms with Gasteiger partial charge < -0.3 is 15.4 Å². The van der Waals surface area contributed by atoms with Crippen molar-refractivity contribution in [2.45, 2.75) is 0 Å². The van der Waals surface area contributed by atoms with E-state index in [0.29, 0.717) is 16.6 Å². The summed E-state index contributed by atoms with van der Waals surface area (Å²) in [5.74, 6) is 0. The molecule has 1 aromatic carbocycles. The summed E-state index contributed by atoms with van der Waals surface area (Å²) >= 11 is 10.9. The van der Waals surface area contributed by atoms with Crippen LogP contribution in [0, 0.1) is 0 Å². The number of rotatable bonds is 5. The number of benzene rings is 1. The first-order chi connectivity index (χ1) is 7.56. The van der Waals surface area contributed by atoms with Gasteiger partial charge in [0.2, 0.25) is 0 Å². The highest BCUT2D eigenvalue weighted by molar-refractivity contribution is 7.80. The lowest BCUT2D eigenvalue weighted by Crippen LogP contribution is -2.25. The summed E-state index contributed by atoms with van der Waals surface area (Å²) in [6.07, 6.45) is 0. The second-order valence-electron chi connectivity index (χ2n) is 3.44. The molecule has 0 atom stereocenters. The quantitative estimate of drug-likeness (QED) is 0.821. The molecular formula is C11H15ClN2OS. The third-order valence-corrected chi connectivity index (χ3v) is 2.72. The molecule has 0 aliphatic heterocycles. The molecule has 0 fully saturated rings. The van der Waals surface area contributed by atoms with Gasteiger partial charge in [0.25, 0.3) is 0 Å². The third-order valence-electron chi connectivity index (χ3n) is 2.27. The Labute approximate surface area is 106 Å². The van der Waals surface area contributed by atoms with Crippen LogP contribution in [0.3, 0.4) is 0 Å². The molecule has 16 heavy (non-hydrogen) atoms. The number of hydrogen-bond acceptors (Lipinski definition) is 3. The van der Waals surface area contributed by atoms with Gasteiger partial charge in [-0.05, 0) is 18.2 Å². The van der Waals surface area contributed by atoms with Gasteiger partial charge in [0, 0.05) is 37.0 Å². The van der Waals surface area contributed by atoms with Gasteiger partial charge in [0.1, 0.15) is 4.99 Å². The van der Waals surface area contributed by atoms with Gasteiger partial charge in [-0.2, -0.15) is 0 Å². The molecule has 0 amide bonds. The van der Waals surface area contributed by atoms with Crippen molar-refractivity contribution in [1.82, 2.24) is 0 Å². The van der Waals surface area contributed by atoms with Gasteiger partial charge in [0.15, 0.2) is 0 Å². The largest absolute Gasteiger partial charge is 0.389 e. The summed E-state index contributed by atoms with van der Waals surface area (Å²) in [5.41, 5.74) is 7.42. The number of halogens is 1. The fourth-order valence-electron chi connectivity index (χ4n) is 1.39. The molecular weight excluding hydrogens is 244 g/mol. The van der Waals surface area contributed by atoms with Gasteiger partial charge in [-0.3, -0.25) is 0 Å². The van der Waals surface area contributed by atoms with Crippen molar-refractivity contribution < 1.29 is 4.74 Å². The lowest BCUT2D eigenvalue weighted by atomic mass is 10.1. The Balaban J connectivity index is 2.98. The van der Waals surface area contributed by atoms with Crippen LogP contribution in [0.15, 0.2) is 18.2 Å². The molecule has 0 bridgehead atoms. The summed E-state index contributed by atoms with van der Waals surface area (Å²) in [6, 6.07) is 5.51. The monoisotopic (exact) mass is 258 g/mol. The van der Waals surface area contributed by atoms with Crippen LogP contribution in [0.1, 0.15) is 5.56 Å². The van der Waals surface area contributed by atoms with E-state index >= 15 is 0 Å². The zero-order valence-corrected chi connectivity index (χ0v) is 10.9. The number of thiocarbonyl (C=S) groups is 1. The highest BCUT2D eigenvalue weighted by atomic mass is 35.5. The van der Waals surface area contributed by atoms with Crippen LogP contribution >= 0.6 is 23.8 Å². The lowest BCUT2D eigenvalue weighted by Gasteiger charge is -2.21. The number of nitrogens with two attached hydrogens (primary N) is 1. The number of nitrogens with zero attached hydrogens (tertiary/aromatic N) is 1. The van der Waals surface area contributed by atoms with Gasteiger partial charge in [0.05, 0.1) is 6.61 Å². The average molecular weight is 259 g/mol. The van der Waals surface area contributed by atoms with Crippen LogP contribution in [0.4, 0.5) is 5.69 Å². The van der Waals surface area contributed by atoms with E-state index in [9.17, 15) is 0 Å². The second-order valence-corrected chi connectivity index (χ2v) is 4.32. The van der Waals surface area contributed by atoms with Crippen molar-refractivity contribution in [2.24, 2.45) is 5.73 Å². The van der Waals surface area contributed by atoms with E-state index in [1.807, 2.05) is 24.1 Å². The molecule has 0 spiro atoms. The summed E-state index contributed by atoms with van der Waals surface area (Å²) in [5, 5.41) is 0.631. The smallest absolute Gasteiger partial charge is 0.106 e. The molecule has 3 nitrogen and oxygen atoms in total.